The standard InChI is InChI=1S/C9H10ClN5O/c1-3-7-12-6(10)4-8(13-7)16-9-11-5-15(2)14-9/h4-5H,3H2,1-2H3. The zero-order chi connectivity index (χ0) is 11.5. The van der Waals surface area contributed by atoms with Gasteiger partial charge in [-0.25, -0.2) is 4.98 Å². The third-order valence-corrected chi connectivity index (χ3v) is 2.00. The summed E-state index contributed by atoms with van der Waals surface area (Å²) >= 11 is 5.82. The van der Waals surface area contributed by atoms with Crippen molar-refractivity contribution in [1.82, 2.24) is 24.7 Å². The van der Waals surface area contributed by atoms with Gasteiger partial charge in [0, 0.05) is 19.5 Å². The molecule has 16 heavy (non-hydrogen) atoms. The van der Waals surface area contributed by atoms with Gasteiger partial charge in [-0.3, -0.25) is 4.68 Å². The fraction of sp³-hybridized carbons (Fsp3) is 0.333. The molecule has 0 amide bonds. The lowest BCUT2D eigenvalue weighted by Crippen LogP contribution is -1.97. The van der Waals surface area contributed by atoms with E-state index < -0.39 is 0 Å². The minimum atomic E-state index is 0.235. The molecular formula is C9H10ClN5O. The maximum absolute atomic E-state index is 5.82. The van der Waals surface area contributed by atoms with Gasteiger partial charge < -0.3 is 4.74 Å². The Hall–Kier alpha value is -1.69. The quantitative estimate of drug-likeness (QED) is 0.762. The highest BCUT2D eigenvalue weighted by atomic mass is 35.5. The van der Waals surface area contributed by atoms with Crippen LogP contribution in [-0.2, 0) is 13.5 Å². The van der Waals surface area contributed by atoms with Crippen molar-refractivity contribution >= 4 is 11.6 Å². The molecule has 2 heterocycles. The molecule has 2 aromatic heterocycles. The summed E-state index contributed by atoms with van der Waals surface area (Å²) in [5, 5.41) is 4.32. The first-order valence-corrected chi connectivity index (χ1v) is 5.12. The maximum atomic E-state index is 5.82. The summed E-state index contributed by atoms with van der Waals surface area (Å²) in [7, 11) is 1.75. The monoisotopic (exact) mass is 239 g/mol. The van der Waals surface area contributed by atoms with Crippen LogP contribution in [0.4, 0.5) is 0 Å². The third kappa shape index (κ3) is 2.46. The second-order valence-corrected chi connectivity index (χ2v) is 3.49. The topological polar surface area (TPSA) is 65.7 Å². The first kappa shape index (κ1) is 10.8. The van der Waals surface area contributed by atoms with Gasteiger partial charge in [0.15, 0.2) is 0 Å². The van der Waals surface area contributed by atoms with Crippen molar-refractivity contribution in [2.24, 2.45) is 7.05 Å². The highest BCUT2D eigenvalue weighted by molar-refractivity contribution is 6.29. The second-order valence-electron chi connectivity index (χ2n) is 3.10. The van der Waals surface area contributed by atoms with Gasteiger partial charge in [0.1, 0.15) is 17.3 Å². The van der Waals surface area contributed by atoms with E-state index in [0.29, 0.717) is 23.3 Å². The van der Waals surface area contributed by atoms with Crippen molar-refractivity contribution < 1.29 is 4.74 Å². The molecule has 0 radical (unpaired) electrons. The molecule has 0 N–H and O–H groups in total. The zero-order valence-corrected chi connectivity index (χ0v) is 9.64. The molecule has 0 spiro atoms. The number of hydrogen-bond donors (Lipinski definition) is 0. The van der Waals surface area contributed by atoms with Crippen molar-refractivity contribution in [3.8, 4) is 11.9 Å². The Bertz CT molecular complexity index is 498. The number of aryl methyl sites for hydroxylation is 2. The van der Waals surface area contributed by atoms with E-state index in [2.05, 4.69) is 20.1 Å². The summed E-state index contributed by atoms with van der Waals surface area (Å²) in [5.41, 5.74) is 0. The van der Waals surface area contributed by atoms with E-state index in [1.165, 1.54) is 6.07 Å². The number of rotatable bonds is 3. The van der Waals surface area contributed by atoms with Crippen molar-refractivity contribution in [3.63, 3.8) is 0 Å². The van der Waals surface area contributed by atoms with E-state index in [9.17, 15) is 0 Å². The lowest BCUT2D eigenvalue weighted by atomic mass is 10.4. The lowest BCUT2D eigenvalue weighted by Gasteiger charge is -2.02. The summed E-state index contributed by atoms with van der Waals surface area (Å²) in [6.07, 6.45) is 2.23. The first-order valence-electron chi connectivity index (χ1n) is 4.74. The van der Waals surface area contributed by atoms with Gasteiger partial charge in [-0.15, -0.1) is 5.10 Å². The number of nitrogens with zero attached hydrogens (tertiary/aromatic N) is 5. The molecule has 0 aliphatic rings. The molecule has 0 saturated carbocycles. The molecule has 7 heteroatoms. The molecule has 2 aromatic rings. The normalized spacial score (nSPS) is 10.4. The van der Waals surface area contributed by atoms with Crippen LogP contribution in [-0.4, -0.2) is 24.7 Å². The minimum Gasteiger partial charge on any atom is -0.404 e. The average molecular weight is 240 g/mol. The Balaban J connectivity index is 2.24. The Kier molecular flexibility index (Phi) is 3.00. The third-order valence-electron chi connectivity index (χ3n) is 1.81. The van der Waals surface area contributed by atoms with Crippen LogP contribution in [0.2, 0.25) is 5.15 Å². The van der Waals surface area contributed by atoms with Gasteiger partial charge in [-0.05, 0) is 0 Å². The van der Waals surface area contributed by atoms with Gasteiger partial charge >= 0.3 is 6.01 Å². The van der Waals surface area contributed by atoms with E-state index in [1.54, 1.807) is 18.1 Å². The summed E-state index contributed by atoms with van der Waals surface area (Å²) in [5.74, 6) is 0.974. The molecule has 6 nitrogen and oxygen atoms in total. The van der Waals surface area contributed by atoms with Crippen LogP contribution >= 0.6 is 11.6 Å². The molecular weight excluding hydrogens is 230 g/mol. The Morgan fingerprint density at radius 1 is 1.44 bits per heavy atom. The van der Waals surface area contributed by atoms with Gasteiger partial charge in [0.25, 0.3) is 0 Å². The van der Waals surface area contributed by atoms with E-state index in [4.69, 9.17) is 16.3 Å². The van der Waals surface area contributed by atoms with Crippen molar-refractivity contribution in [1.29, 1.82) is 0 Å². The second kappa shape index (κ2) is 4.44. The van der Waals surface area contributed by atoms with Crippen LogP contribution in [0.3, 0.4) is 0 Å². The van der Waals surface area contributed by atoms with Crippen molar-refractivity contribution in [3.05, 3.63) is 23.4 Å². The minimum absolute atomic E-state index is 0.235. The Labute approximate surface area is 97.3 Å². The predicted octanol–water partition coefficient (Wildman–Crippen LogP) is 1.61. The molecule has 0 atom stereocenters. The molecule has 0 aromatic carbocycles. The van der Waals surface area contributed by atoms with E-state index in [1.807, 2.05) is 6.92 Å². The SMILES string of the molecule is CCc1nc(Cl)cc(Oc2ncn(C)n2)n1. The summed E-state index contributed by atoms with van der Waals surface area (Å²) in [6, 6.07) is 1.76. The molecule has 2 rings (SSSR count). The summed E-state index contributed by atoms with van der Waals surface area (Å²) < 4.78 is 6.88. The fourth-order valence-corrected chi connectivity index (χ4v) is 1.30. The number of halogens is 1. The highest BCUT2D eigenvalue weighted by Crippen LogP contribution is 2.18. The van der Waals surface area contributed by atoms with Crippen LogP contribution in [0.15, 0.2) is 12.4 Å². The fourth-order valence-electron chi connectivity index (χ4n) is 1.11. The smallest absolute Gasteiger partial charge is 0.342 e. The molecule has 0 aliphatic heterocycles. The summed E-state index contributed by atoms with van der Waals surface area (Å²) in [4.78, 5) is 12.1. The molecule has 0 fully saturated rings. The van der Waals surface area contributed by atoms with Crippen LogP contribution in [0.1, 0.15) is 12.7 Å². The average Bonchev–Trinajstić information content (AvgIpc) is 2.63. The van der Waals surface area contributed by atoms with Crippen LogP contribution in [0, 0.1) is 0 Å². The van der Waals surface area contributed by atoms with E-state index in [0.717, 1.165) is 0 Å². The maximum Gasteiger partial charge on any atom is 0.342 e. The lowest BCUT2D eigenvalue weighted by molar-refractivity contribution is 0.419. The molecule has 84 valence electrons. The Morgan fingerprint density at radius 2 is 2.25 bits per heavy atom. The molecule has 0 unspecified atom stereocenters. The zero-order valence-electron chi connectivity index (χ0n) is 8.88. The largest absolute Gasteiger partial charge is 0.404 e. The van der Waals surface area contributed by atoms with Crippen molar-refractivity contribution in [2.45, 2.75) is 13.3 Å². The number of hydrogen-bond acceptors (Lipinski definition) is 5. The molecule has 0 bridgehead atoms. The van der Waals surface area contributed by atoms with E-state index >= 15 is 0 Å². The summed E-state index contributed by atoms with van der Waals surface area (Å²) in [6.45, 7) is 1.94. The van der Waals surface area contributed by atoms with Gasteiger partial charge in [-0.2, -0.15) is 9.97 Å². The Morgan fingerprint density at radius 3 is 2.88 bits per heavy atom. The van der Waals surface area contributed by atoms with Crippen LogP contribution in [0.25, 0.3) is 0 Å². The first-order chi connectivity index (χ1) is 7.67. The van der Waals surface area contributed by atoms with Gasteiger partial charge in [0.2, 0.25) is 5.88 Å². The number of aromatic nitrogens is 5. The predicted molar refractivity (Wildman–Crippen MR) is 57.5 cm³/mol. The van der Waals surface area contributed by atoms with Gasteiger partial charge in [0.05, 0.1) is 0 Å². The molecule has 0 aliphatic carbocycles. The number of ether oxygens (including phenoxy) is 1. The highest BCUT2D eigenvalue weighted by Gasteiger charge is 2.06. The molecule has 0 saturated heterocycles. The van der Waals surface area contributed by atoms with Crippen LogP contribution < -0.4 is 4.74 Å². The van der Waals surface area contributed by atoms with E-state index in [-0.39, 0.29) is 6.01 Å². The van der Waals surface area contributed by atoms with Crippen LogP contribution in [0.5, 0.6) is 11.9 Å². The van der Waals surface area contributed by atoms with Gasteiger partial charge in [-0.1, -0.05) is 18.5 Å². The van der Waals surface area contributed by atoms with Crippen molar-refractivity contribution in [2.75, 3.05) is 0 Å².